The Labute approximate surface area is 188 Å². The fourth-order valence-electron chi connectivity index (χ4n) is 5.22. The third-order valence-corrected chi connectivity index (χ3v) is 7.17. The van der Waals surface area contributed by atoms with Gasteiger partial charge in [0.05, 0.1) is 11.8 Å². The summed E-state index contributed by atoms with van der Waals surface area (Å²) in [6.07, 6.45) is 5.91. The van der Waals surface area contributed by atoms with E-state index in [0.29, 0.717) is 11.0 Å². The first-order valence-corrected chi connectivity index (χ1v) is 11.4. The zero-order chi connectivity index (χ0) is 22.3. The number of nitrogens with two attached hydrogens (primary N) is 1. The molecule has 1 aromatic carbocycles. The van der Waals surface area contributed by atoms with Crippen LogP contribution in [0, 0.1) is 5.41 Å². The van der Waals surface area contributed by atoms with Gasteiger partial charge < -0.3 is 20.1 Å². The van der Waals surface area contributed by atoms with Gasteiger partial charge in [-0.2, -0.15) is 5.10 Å². The van der Waals surface area contributed by atoms with Crippen molar-refractivity contribution in [1.82, 2.24) is 20.0 Å². The molecule has 0 radical (unpaired) electrons. The highest BCUT2D eigenvalue weighted by Crippen LogP contribution is 2.44. The van der Waals surface area contributed by atoms with Crippen molar-refractivity contribution in [3.05, 3.63) is 41.6 Å². The quantitative estimate of drug-likeness (QED) is 0.789. The van der Waals surface area contributed by atoms with Crippen LogP contribution in [0.4, 0.5) is 5.82 Å². The van der Waals surface area contributed by atoms with Gasteiger partial charge in [-0.3, -0.25) is 9.69 Å². The Kier molecular flexibility index (Phi) is 5.20. The second kappa shape index (κ2) is 7.92. The average Bonchev–Trinajstić information content (AvgIpc) is 3.11. The van der Waals surface area contributed by atoms with Gasteiger partial charge in [0.15, 0.2) is 17.3 Å². The monoisotopic (exact) mass is 437 g/mol. The van der Waals surface area contributed by atoms with Crippen molar-refractivity contribution in [3.8, 4) is 11.5 Å². The van der Waals surface area contributed by atoms with Crippen LogP contribution in [0.15, 0.2) is 30.5 Å². The highest BCUT2D eigenvalue weighted by Gasteiger charge is 2.39. The van der Waals surface area contributed by atoms with Crippen LogP contribution in [0.5, 0.6) is 11.5 Å². The number of piperidine rings is 2. The summed E-state index contributed by atoms with van der Waals surface area (Å²) in [5.41, 5.74) is 7.82. The average molecular weight is 438 g/mol. The van der Waals surface area contributed by atoms with E-state index < -0.39 is 5.79 Å². The maximum absolute atomic E-state index is 12.8. The third-order valence-electron chi connectivity index (χ3n) is 7.17. The first-order valence-electron chi connectivity index (χ1n) is 11.4. The molecule has 5 rings (SSSR count). The van der Waals surface area contributed by atoms with Gasteiger partial charge in [-0.25, -0.2) is 0 Å². The minimum Gasteiger partial charge on any atom is -0.449 e. The van der Waals surface area contributed by atoms with E-state index in [1.54, 1.807) is 6.07 Å². The number of anilines is 1. The molecule has 2 aromatic rings. The van der Waals surface area contributed by atoms with Gasteiger partial charge in [0.1, 0.15) is 0 Å². The second-order valence-corrected chi connectivity index (χ2v) is 9.75. The van der Waals surface area contributed by atoms with Gasteiger partial charge in [-0.1, -0.05) is 12.1 Å². The molecule has 1 spiro atoms. The van der Waals surface area contributed by atoms with Crippen LogP contribution in [0.1, 0.15) is 55.5 Å². The van der Waals surface area contributed by atoms with Crippen molar-refractivity contribution in [2.45, 2.75) is 51.9 Å². The Morgan fingerprint density at radius 2 is 1.78 bits per heavy atom. The molecule has 1 aromatic heterocycles. The van der Waals surface area contributed by atoms with Gasteiger partial charge in [0, 0.05) is 39.0 Å². The van der Waals surface area contributed by atoms with Gasteiger partial charge in [-0.15, -0.1) is 5.10 Å². The van der Waals surface area contributed by atoms with Crippen LogP contribution in [0.2, 0.25) is 0 Å². The van der Waals surface area contributed by atoms with Gasteiger partial charge >= 0.3 is 0 Å². The van der Waals surface area contributed by atoms with Crippen LogP contribution in [-0.2, 0) is 6.54 Å². The molecule has 0 atom stereocenters. The Morgan fingerprint density at radius 1 is 1.06 bits per heavy atom. The van der Waals surface area contributed by atoms with Crippen LogP contribution >= 0.6 is 0 Å². The lowest BCUT2D eigenvalue weighted by molar-refractivity contribution is -0.0438. The van der Waals surface area contributed by atoms with Crippen molar-refractivity contribution in [2.75, 3.05) is 31.9 Å². The zero-order valence-electron chi connectivity index (χ0n) is 18.8. The highest BCUT2D eigenvalue weighted by atomic mass is 16.7. The fraction of sp³-hybridized carbons (Fsp3) is 0.542. The maximum atomic E-state index is 12.8. The van der Waals surface area contributed by atoms with E-state index in [1.807, 2.05) is 30.9 Å². The smallest absolute Gasteiger partial charge is 0.257 e. The van der Waals surface area contributed by atoms with Crippen molar-refractivity contribution in [1.29, 1.82) is 0 Å². The summed E-state index contributed by atoms with van der Waals surface area (Å²) in [5, 5.41) is 7.55. The number of para-hydroxylation sites is 1. The number of hydrogen-bond donors (Lipinski definition) is 1. The molecule has 0 aliphatic carbocycles. The predicted molar refractivity (Wildman–Crippen MR) is 120 cm³/mol. The number of carbonyl (C=O) groups excluding carboxylic acids is 1. The van der Waals surface area contributed by atoms with Crippen molar-refractivity contribution in [2.24, 2.45) is 5.41 Å². The number of rotatable bonds is 3. The number of aromatic nitrogens is 2. The standard InChI is InChI=1S/C24H31N5O3/c1-23(2)31-19-5-3-4-17(20(19)32-23)16-28-12-7-24(8-13-28)9-14-29(15-10-24)22(30)18-6-11-26-27-21(18)25/h3-6,11H,7-10,12-16H2,1-2H3,(H2,25,27). The summed E-state index contributed by atoms with van der Waals surface area (Å²) in [7, 11) is 0. The van der Waals surface area contributed by atoms with E-state index in [-0.39, 0.29) is 11.7 Å². The maximum Gasteiger partial charge on any atom is 0.257 e. The predicted octanol–water partition coefficient (Wildman–Crippen LogP) is 3.08. The molecule has 8 heteroatoms. The number of likely N-dealkylation sites (tertiary alicyclic amines) is 2. The summed E-state index contributed by atoms with van der Waals surface area (Å²) in [6.45, 7) is 8.42. The number of ether oxygens (including phenoxy) is 2. The van der Waals surface area contributed by atoms with Gasteiger partial charge in [0.25, 0.3) is 5.91 Å². The Bertz CT molecular complexity index is 1010. The molecule has 2 N–H and O–H groups in total. The minimum atomic E-state index is -0.604. The highest BCUT2D eigenvalue weighted by molar-refractivity contribution is 5.98. The lowest BCUT2D eigenvalue weighted by Crippen LogP contribution is -2.48. The largest absolute Gasteiger partial charge is 0.449 e. The molecule has 170 valence electrons. The molecule has 3 aliphatic heterocycles. The van der Waals surface area contributed by atoms with E-state index in [1.165, 1.54) is 11.8 Å². The molecule has 8 nitrogen and oxygen atoms in total. The Morgan fingerprint density at radius 3 is 2.50 bits per heavy atom. The summed E-state index contributed by atoms with van der Waals surface area (Å²) in [4.78, 5) is 17.3. The molecular weight excluding hydrogens is 406 g/mol. The van der Waals surface area contributed by atoms with E-state index in [9.17, 15) is 4.79 Å². The number of hydrogen-bond acceptors (Lipinski definition) is 7. The van der Waals surface area contributed by atoms with E-state index in [4.69, 9.17) is 15.2 Å². The number of benzene rings is 1. The first kappa shape index (κ1) is 21.0. The molecule has 0 saturated carbocycles. The van der Waals surface area contributed by atoms with Crippen LogP contribution in [0.25, 0.3) is 0 Å². The van der Waals surface area contributed by atoms with Crippen LogP contribution in [0.3, 0.4) is 0 Å². The Hall–Kier alpha value is -2.87. The summed E-state index contributed by atoms with van der Waals surface area (Å²) >= 11 is 0. The van der Waals surface area contributed by atoms with Crippen molar-refractivity contribution >= 4 is 11.7 Å². The van der Waals surface area contributed by atoms with Gasteiger partial charge in [-0.05, 0) is 56.3 Å². The summed E-state index contributed by atoms with van der Waals surface area (Å²) in [6, 6.07) is 7.81. The Balaban J connectivity index is 1.17. The molecule has 1 amide bonds. The number of fused-ring (bicyclic) bond motifs is 1. The summed E-state index contributed by atoms with van der Waals surface area (Å²) in [5.74, 6) is 1.29. The fourth-order valence-corrected chi connectivity index (χ4v) is 5.22. The molecule has 2 saturated heterocycles. The second-order valence-electron chi connectivity index (χ2n) is 9.75. The van der Waals surface area contributed by atoms with Crippen molar-refractivity contribution < 1.29 is 14.3 Å². The molecule has 2 fully saturated rings. The van der Waals surface area contributed by atoms with Gasteiger partial charge in [0.2, 0.25) is 5.79 Å². The summed E-state index contributed by atoms with van der Waals surface area (Å²) < 4.78 is 11.9. The van der Waals surface area contributed by atoms with Crippen LogP contribution < -0.4 is 15.2 Å². The van der Waals surface area contributed by atoms with E-state index >= 15 is 0 Å². The molecule has 0 bridgehead atoms. The third kappa shape index (κ3) is 3.99. The van der Waals surface area contributed by atoms with E-state index in [2.05, 4.69) is 21.2 Å². The minimum absolute atomic E-state index is 0.0345. The number of nitrogen functional groups attached to an aromatic ring is 1. The topological polar surface area (TPSA) is 93.8 Å². The van der Waals surface area contributed by atoms with Crippen molar-refractivity contribution in [3.63, 3.8) is 0 Å². The lowest BCUT2D eigenvalue weighted by Gasteiger charge is -2.47. The van der Waals surface area contributed by atoms with E-state index in [0.717, 1.165) is 69.9 Å². The molecular formula is C24H31N5O3. The number of amides is 1. The molecule has 4 heterocycles. The number of carbonyl (C=O) groups is 1. The number of nitrogens with zero attached hydrogens (tertiary/aromatic N) is 4. The first-order chi connectivity index (χ1) is 15.3. The lowest BCUT2D eigenvalue weighted by atomic mass is 9.71. The zero-order valence-corrected chi connectivity index (χ0v) is 18.8. The molecule has 0 unspecified atom stereocenters. The molecule has 3 aliphatic rings. The SMILES string of the molecule is CC1(C)Oc2cccc(CN3CCC4(CC3)CCN(C(=O)c3ccnnc3N)CC4)c2O1. The normalized spacial score (nSPS) is 21.6. The van der Waals surface area contributed by atoms with Crippen LogP contribution in [-0.4, -0.2) is 57.9 Å². The molecule has 32 heavy (non-hydrogen) atoms.